The monoisotopic (exact) mass is 674 g/mol. The van der Waals surface area contributed by atoms with Crippen molar-refractivity contribution in [1.29, 1.82) is 0 Å². The molecule has 0 amide bonds. The molecule has 0 aliphatic heterocycles. The predicted octanol–water partition coefficient (Wildman–Crippen LogP) is 9.47. The fraction of sp³-hybridized carbons (Fsp3) is 0.865. The van der Waals surface area contributed by atoms with Crippen LogP contribution in [0.5, 0.6) is 0 Å². The molecule has 0 aliphatic carbocycles. The number of allylic oxidation sites excluding steroid dienone is 4. The van der Waals surface area contributed by atoms with Gasteiger partial charge in [-0.15, -0.1) is 0 Å². The van der Waals surface area contributed by atoms with Crippen LogP contribution in [-0.4, -0.2) is 70.7 Å². The number of carbonyl (C=O) groups excluding carboxylic acids is 1. The molecule has 0 heterocycles. The molecule has 9 heteroatoms. The lowest BCUT2D eigenvalue weighted by atomic mass is 10.1. The third kappa shape index (κ3) is 34.3. The highest BCUT2D eigenvalue weighted by Crippen LogP contribution is 2.38. The number of nitrogens with zero attached hydrogens (tertiary/aromatic N) is 1. The average molecular weight is 674 g/mol. The molecule has 0 rings (SSSR count). The molecule has 0 saturated heterocycles. The fourth-order valence-electron chi connectivity index (χ4n) is 4.81. The van der Waals surface area contributed by atoms with Crippen LogP contribution in [0.15, 0.2) is 24.3 Å². The van der Waals surface area contributed by atoms with Gasteiger partial charge in [0, 0.05) is 13.0 Å². The van der Waals surface area contributed by atoms with Crippen molar-refractivity contribution in [2.75, 3.05) is 54.1 Å². The summed E-state index contributed by atoms with van der Waals surface area (Å²) >= 11 is 0. The number of phosphoric ester groups is 1. The zero-order chi connectivity index (χ0) is 34.2. The standard InChI is InChI=1S/C37H72NO7P/c1-6-8-10-12-14-15-16-17-18-19-20-21-22-23-25-27-29-32-42-34-36(35-44-46(40,41)43-33-31-38(3,4)5)45-37(39)30-28-26-24-13-11-9-7-2/h15-16,18-19,36H,6-14,17,20-35H2,1-5H3/b16-15-,19-18-. The molecule has 0 bridgehead atoms. The van der Waals surface area contributed by atoms with E-state index in [1.54, 1.807) is 0 Å². The van der Waals surface area contributed by atoms with Gasteiger partial charge in [-0.05, 0) is 44.9 Å². The number of esters is 1. The van der Waals surface area contributed by atoms with Crippen molar-refractivity contribution in [3.63, 3.8) is 0 Å². The van der Waals surface area contributed by atoms with E-state index >= 15 is 0 Å². The Morgan fingerprint density at radius 3 is 1.78 bits per heavy atom. The van der Waals surface area contributed by atoms with Crippen LogP contribution in [0.3, 0.4) is 0 Å². The lowest BCUT2D eigenvalue weighted by Crippen LogP contribution is -2.37. The average Bonchev–Trinajstić information content (AvgIpc) is 2.99. The molecule has 0 aromatic heterocycles. The highest BCUT2D eigenvalue weighted by Gasteiger charge is 2.20. The Balaban J connectivity index is 4.22. The van der Waals surface area contributed by atoms with Gasteiger partial charge in [-0.1, -0.05) is 122 Å². The van der Waals surface area contributed by atoms with Gasteiger partial charge in [0.2, 0.25) is 0 Å². The Bertz CT molecular complexity index is 797. The molecule has 0 aromatic rings. The van der Waals surface area contributed by atoms with Crippen molar-refractivity contribution >= 4 is 13.8 Å². The minimum atomic E-state index is -4.51. The number of likely N-dealkylation sites (N-methyl/N-ethyl adjacent to an activating group) is 1. The Morgan fingerprint density at radius 1 is 0.674 bits per heavy atom. The molecule has 2 unspecified atom stereocenters. The van der Waals surface area contributed by atoms with Gasteiger partial charge in [0.05, 0.1) is 34.4 Å². The van der Waals surface area contributed by atoms with Crippen LogP contribution in [0.2, 0.25) is 0 Å². The van der Waals surface area contributed by atoms with Gasteiger partial charge in [0.15, 0.2) is 0 Å². The molecule has 2 atom stereocenters. The smallest absolute Gasteiger partial charge is 0.306 e. The first-order chi connectivity index (χ1) is 22.1. The maximum absolute atomic E-state index is 12.5. The number of phosphoric acid groups is 1. The highest BCUT2D eigenvalue weighted by molar-refractivity contribution is 7.45. The van der Waals surface area contributed by atoms with Crippen LogP contribution in [-0.2, 0) is 27.9 Å². The normalized spacial score (nSPS) is 14.3. The maximum atomic E-state index is 12.5. The van der Waals surface area contributed by atoms with Gasteiger partial charge in [0.1, 0.15) is 19.3 Å². The number of hydrogen-bond acceptors (Lipinski definition) is 7. The summed E-state index contributed by atoms with van der Waals surface area (Å²) in [7, 11) is 1.35. The SMILES string of the molecule is CCCCCC/C=C\C/C=C\CCCCCCCCOCC(COP(=O)([O-])OCC[N+](C)(C)C)OC(=O)CCCCCCCCC. The molecule has 0 saturated carbocycles. The number of unbranched alkanes of at least 4 members (excludes halogenated alkanes) is 16. The predicted molar refractivity (Wildman–Crippen MR) is 190 cm³/mol. The largest absolute Gasteiger partial charge is 0.756 e. The first-order valence-corrected chi connectivity index (χ1v) is 20.0. The molecule has 8 nitrogen and oxygen atoms in total. The van der Waals surface area contributed by atoms with E-state index in [2.05, 4.69) is 38.2 Å². The van der Waals surface area contributed by atoms with Crippen LogP contribution >= 0.6 is 7.82 Å². The van der Waals surface area contributed by atoms with E-state index in [1.165, 1.54) is 77.0 Å². The van der Waals surface area contributed by atoms with E-state index in [9.17, 15) is 14.3 Å². The van der Waals surface area contributed by atoms with Crippen molar-refractivity contribution in [3.8, 4) is 0 Å². The van der Waals surface area contributed by atoms with E-state index in [-0.39, 0.29) is 25.8 Å². The summed E-state index contributed by atoms with van der Waals surface area (Å²) in [6.45, 7) is 5.32. The van der Waals surface area contributed by atoms with E-state index in [4.69, 9.17) is 18.5 Å². The Kier molecular flexibility index (Phi) is 30.6. The van der Waals surface area contributed by atoms with Crippen LogP contribution in [0, 0.1) is 0 Å². The second-order valence-electron chi connectivity index (χ2n) is 13.6. The molecular weight excluding hydrogens is 601 g/mol. The van der Waals surface area contributed by atoms with E-state index in [1.807, 2.05) is 21.1 Å². The fourth-order valence-corrected chi connectivity index (χ4v) is 5.54. The third-order valence-electron chi connectivity index (χ3n) is 7.76. The minimum absolute atomic E-state index is 0.0249. The van der Waals surface area contributed by atoms with Crippen LogP contribution < -0.4 is 4.89 Å². The lowest BCUT2D eigenvalue weighted by Gasteiger charge is -2.28. The van der Waals surface area contributed by atoms with Crippen molar-refractivity contribution < 1.29 is 37.3 Å². The van der Waals surface area contributed by atoms with Gasteiger partial charge < -0.3 is 27.9 Å². The lowest BCUT2D eigenvalue weighted by molar-refractivity contribution is -0.870. The molecule has 0 aromatic carbocycles. The minimum Gasteiger partial charge on any atom is -0.756 e. The van der Waals surface area contributed by atoms with Crippen molar-refractivity contribution in [1.82, 2.24) is 0 Å². The van der Waals surface area contributed by atoms with E-state index in [0.29, 0.717) is 24.1 Å². The molecule has 0 radical (unpaired) electrons. The van der Waals surface area contributed by atoms with Gasteiger partial charge in [-0.2, -0.15) is 0 Å². The van der Waals surface area contributed by atoms with Crippen molar-refractivity contribution in [2.24, 2.45) is 0 Å². The molecule has 0 aliphatic rings. The zero-order valence-electron chi connectivity index (χ0n) is 30.5. The second-order valence-corrected chi connectivity index (χ2v) is 15.0. The summed E-state index contributed by atoms with van der Waals surface area (Å²) in [5, 5.41) is 0. The van der Waals surface area contributed by atoms with Gasteiger partial charge in [0.25, 0.3) is 7.82 Å². The number of carbonyl (C=O) groups is 1. The van der Waals surface area contributed by atoms with E-state index in [0.717, 1.165) is 51.4 Å². The summed E-state index contributed by atoms with van der Waals surface area (Å²) in [4.78, 5) is 24.7. The summed E-state index contributed by atoms with van der Waals surface area (Å²) in [6, 6.07) is 0. The van der Waals surface area contributed by atoms with Crippen molar-refractivity contribution in [3.05, 3.63) is 24.3 Å². The van der Waals surface area contributed by atoms with Gasteiger partial charge in [-0.3, -0.25) is 9.36 Å². The highest BCUT2D eigenvalue weighted by atomic mass is 31.2. The summed E-state index contributed by atoms with van der Waals surface area (Å²) in [5.41, 5.74) is 0. The summed E-state index contributed by atoms with van der Waals surface area (Å²) in [6.07, 6.45) is 32.0. The van der Waals surface area contributed by atoms with Crippen molar-refractivity contribution in [2.45, 2.75) is 155 Å². The number of hydrogen-bond donors (Lipinski definition) is 0. The van der Waals surface area contributed by atoms with Crippen LogP contribution in [0.4, 0.5) is 0 Å². The second kappa shape index (κ2) is 31.3. The number of rotatable bonds is 34. The summed E-state index contributed by atoms with van der Waals surface area (Å²) in [5.74, 6) is -0.346. The number of quaternary nitrogens is 1. The first kappa shape index (κ1) is 45.0. The molecular formula is C37H72NO7P. The van der Waals surface area contributed by atoms with Crippen LogP contribution in [0.25, 0.3) is 0 Å². The van der Waals surface area contributed by atoms with Crippen LogP contribution in [0.1, 0.15) is 149 Å². The maximum Gasteiger partial charge on any atom is 0.306 e. The molecule has 0 N–H and O–H groups in total. The molecule has 0 spiro atoms. The Hall–Kier alpha value is -1.02. The molecule has 0 fully saturated rings. The van der Waals surface area contributed by atoms with Gasteiger partial charge >= 0.3 is 5.97 Å². The Labute approximate surface area is 283 Å². The number of ether oxygens (including phenoxy) is 2. The Morgan fingerprint density at radius 2 is 1.20 bits per heavy atom. The van der Waals surface area contributed by atoms with E-state index < -0.39 is 13.9 Å². The quantitative estimate of drug-likeness (QED) is 0.0221. The zero-order valence-corrected chi connectivity index (χ0v) is 31.4. The topological polar surface area (TPSA) is 94.1 Å². The first-order valence-electron chi connectivity index (χ1n) is 18.6. The molecule has 46 heavy (non-hydrogen) atoms. The third-order valence-corrected chi connectivity index (χ3v) is 8.72. The van der Waals surface area contributed by atoms with Gasteiger partial charge in [-0.25, -0.2) is 0 Å². The molecule has 272 valence electrons. The summed E-state index contributed by atoms with van der Waals surface area (Å²) < 4.78 is 34.3.